The van der Waals surface area contributed by atoms with E-state index in [-0.39, 0.29) is 24.3 Å². The fourth-order valence-electron chi connectivity index (χ4n) is 3.09. The molecule has 4 nitrogen and oxygen atoms in total. The maximum absolute atomic E-state index is 12.5. The zero-order chi connectivity index (χ0) is 17.1. The van der Waals surface area contributed by atoms with E-state index in [9.17, 15) is 14.4 Å². The van der Waals surface area contributed by atoms with Crippen LogP contribution in [-0.4, -0.2) is 29.5 Å². The Balaban J connectivity index is 1.86. The lowest BCUT2D eigenvalue weighted by Crippen LogP contribution is -2.37. The zero-order valence-electron chi connectivity index (χ0n) is 13.1. The van der Waals surface area contributed by atoms with E-state index in [0.717, 1.165) is 16.7 Å². The summed E-state index contributed by atoms with van der Waals surface area (Å²) < 4.78 is 0. The second-order valence-corrected chi connectivity index (χ2v) is 5.74. The highest BCUT2D eigenvalue weighted by atomic mass is 16.2. The minimum absolute atomic E-state index is 0.0431. The third-order valence-electron chi connectivity index (χ3n) is 4.35. The molecular weight excluding hydrogens is 302 g/mol. The second-order valence-electron chi connectivity index (χ2n) is 5.74. The van der Waals surface area contributed by atoms with Crippen LogP contribution in [-0.2, 0) is 4.79 Å². The second kappa shape index (κ2) is 6.62. The quantitative estimate of drug-likeness (QED) is 0.467. The van der Waals surface area contributed by atoms with Crippen LogP contribution in [0.15, 0.2) is 67.3 Å². The number of hydrogen-bond acceptors (Lipinski definition) is 3. The summed E-state index contributed by atoms with van der Waals surface area (Å²) in [4.78, 5) is 37.8. The largest absolute Gasteiger partial charge is 0.303 e. The summed E-state index contributed by atoms with van der Waals surface area (Å²) in [6, 6.07) is 16.2. The maximum atomic E-state index is 12.5. The molecule has 1 heterocycles. The molecule has 0 radical (unpaired) electrons. The van der Waals surface area contributed by atoms with Gasteiger partial charge in [0, 0.05) is 18.4 Å². The summed E-state index contributed by atoms with van der Waals surface area (Å²) in [6.07, 6.45) is 2.48. The Labute approximate surface area is 140 Å². The van der Waals surface area contributed by atoms with Crippen LogP contribution in [0.5, 0.6) is 0 Å². The number of hydrogen-bond donors (Lipinski definition) is 0. The van der Waals surface area contributed by atoms with Crippen molar-refractivity contribution in [3.63, 3.8) is 0 Å². The van der Waals surface area contributed by atoms with Gasteiger partial charge >= 0.3 is 0 Å². The van der Waals surface area contributed by atoms with Crippen LogP contribution < -0.4 is 0 Å². The van der Waals surface area contributed by atoms with Crippen molar-refractivity contribution in [1.29, 1.82) is 0 Å². The van der Waals surface area contributed by atoms with E-state index in [1.165, 1.54) is 0 Å². The Morgan fingerprint density at radius 2 is 1.46 bits per heavy atom. The summed E-state index contributed by atoms with van der Waals surface area (Å²) >= 11 is 0. The van der Waals surface area contributed by atoms with Crippen LogP contribution in [0.1, 0.15) is 32.2 Å². The van der Waals surface area contributed by atoms with Crippen molar-refractivity contribution in [3.05, 3.63) is 83.9 Å². The highest BCUT2D eigenvalue weighted by Crippen LogP contribution is 2.29. The molecule has 0 saturated heterocycles. The van der Waals surface area contributed by atoms with E-state index >= 15 is 0 Å². The van der Waals surface area contributed by atoms with E-state index in [1.807, 2.05) is 30.3 Å². The van der Waals surface area contributed by atoms with Crippen molar-refractivity contribution in [2.45, 2.75) is 5.92 Å². The summed E-state index contributed by atoms with van der Waals surface area (Å²) in [5, 5.41) is 0. The molecule has 0 bridgehead atoms. The topological polar surface area (TPSA) is 54.5 Å². The molecule has 1 aliphatic heterocycles. The highest BCUT2D eigenvalue weighted by Gasteiger charge is 2.37. The van der Waals surface area contributed by atoms with Crippen molar-refractivity contribution in [3.8, 4) is 0 Å². The Hall–Kier alpha value is -3.01. The first-order chi connectivity index (χ1) is 11.7. The third kappa shape index (κ3) is 2.67. The number of nitrogens with zero attached hydrogens (tertiary/aromatic N) is 1. The average Bonchev–Trinajstić information content (AvgIpc) is 2.87. The summed E-state index contributed by atoms with van der Waals surface area (Å²) in [7, 11) is 0. The lowest BCUT2D eigenvalue weighted by molar-refractivity contribution is -0.111. The van der Waals surface area contributed by atoms with E-state index in [4.69, 9.17) is 0 Å². The number of aldehydes is 1. The fourth-order valence-corrected chi connectivity index (χ4v) is 3.09. The number of imide groups is 1. The number of amides is 2. The Bertz CT molecular complexity index is 763. The van der Waals surface area contributed by atoms with Gasteiger partial charge in [0.1, 0.15) is 6.29 Å². The first-order valence-electron chi connectivity index (χ1n) is 7.75. The lowest BCUT2D eigenvalue weighted by atomic mass is 9.86. The molecule has 1 aliphatic rings. The molecule has 120 valence electrons. The van der Waals surface area contributed by atoms with Gasteiger partial charge in [0.05, 0.1) is 11.1 Å². The minimum atomic E-state index is -0.535. The SMILES string of the molecule is C=C[C@H](c1ccccc1)[C@H](C=O)CN1C(=O)c2ccccc2C1=O. The lowest BCUT2D eigenvalue weighted by Gasteiger charge is -2.24. The van der Waals surface area contributed by atoms with E-state index in [2.05, 4.69) is 6.58 Å². The minimum Gasteiger partial charge on any atom is -0.303 e. The van der Waals surface area contributed by atoms with Crippen LogP contribution >= 0.6 is 0 Å². The number of fused-ring (bicyclic) bond motifs is 1. The van der Waals surface area contributed by atoms with Gasteiger partial charge < -0.3 is 4.79 Å². The van der Waals surface area contributed by atoms with Crippen molar-refractivity contribution in [2.24, 2.45) is 5.92 Å². The molecule has 3 rings (SSSR count). The Morgan fingerprint density at radius 3 is 1.96 bits per heavy atom. The molecule has 2 aromatic rings. The van der Waals surface area contributed by atoms with Crippen molar-refractivity contribution < 1.29 is 14.4 Å². The molecule has 0 spiro atoms. The smallest absolute Gasteiger partial charge is 0.261 e. The number of allylic oxidation sites excluding steroid dienone is 1. The third-order valence-corrected chi connectivity index (χ3v) is 4.35. The standard InChI is InChI=1S/C20H17NO3/c1-2-16(14-8-4-3-5-9-14)15(13-22)12-21-19(23)17-10-6-7-11-18(17)20(21)24/h2-11,13,15-16H,1,12H2/t15-,16+/m0/s1. The highest BCUT2D eigenvalue weighted by molar-refractivity contribution is 6.21. The fraction of sp³-hybridized carbons (Fsp3) is 0.150. The average molecular weight is 319 g/mol. The molecule has 0 aliphatic carbocycles. The van der Waals surface area contributed by atoms with Gasteiger partial charge in [-0.25, -0.2) is 0 Å². The first-order valence-corrected chi connectivity index (χ1v) is 7.75. The zero-order valence-corrected chi connectivity index (χ0v) is 13.1. The first kappa shape index (κ1) is 15.9. The van der Waals surface area contributed by atoms with Crippen LogP contribution in [0.3, 0.4) is 0 Å². The molecule has 24 heavy (non-hydrogen) atoms. The van der Waals surface area contributed by atoms with Gasteiger partial charge in [-0.05, 0) is 17.7 Å². The van der Waals surface area contributed by atoms with E-state index < -0.39 is 5.92 Å². The van der Waals surface area contributed by atoms with Crippen LogP contribution in [0.2, 0.25) is 0 Å². The molecule has 2 amide bonds. The molecular formula is C20H17NO3. The molecule has 2 atom stereocenters. The monoisotopic (exact) mass is 319 g/mol. The molecule has 0 unspecified atom stereocenters. The van der Waals surface area contributed by atoms with Crippen molar-refractivity contribution >= 4 is 18.1 Å². The van der Waals surface area contributed by atoms with Gasteiger partial charge in [-0.3, -0.25) is 14.5 Å². The Kier molecular flexibility index (Phi) is 4.38. The van der Waals surface area contributed by atoms with Gasteiger partial charge in [-0.1, -0.05) is 48.5 Å². The van der Waals surface area contributed by atoms with Gasteiger partial charge in [0.25, 0.3) is 11.8 Å². The molecule has 0 saturated carbocycles. The summed E-state index contributed by atoms with van der Waals surface area (Å²) in [5.41, 5.74) is 1.71. The van der Waals surface area contributed by atoms with Gasteiger partial charge in [0.15, 0.2) is 0 Å². The predicted molar refractivity (Wildman–Crippen MR) is 90.7 cm³/mol. The number of carbonyl (C=O) groups is 3. The molecule has 0 N–H and O–H groups in total. The molecule has 0 aromatic heterocycles. The molecule has 4 heteroatoms. The molecule has 2 aromatic carbocycles. The number of carbonyl (C=O) groups excluding carboxylic acids is 3. The molecule has 0 fully saturated rings. The van der Waals surface area contributed by atoms with Gasteiger partial charge in [-0.15, -0.1) is 6.58 Å². The van der Waals surface area contributed by atoms with Gasteiger partial charge in [0.2, 0.25) is 0 Å². The Morgan fingerprint density at radius 1 is 0.917 bits per heavy atom. The van der Waals surface area contributed by atoms with Gasteiger partial charge in [-0.2, -0.15) is 0 Å². The van der Waals surface area contributed by atoms with Crippen LogP contribution in [0.4, 0.5) is 0 Å². The summed E-state index contributed by atoms with van der Waals surface area (Å²) in [5.74, 6) is -1.49. The predicted octanol–water partition coefficient (Wildman–Crippen LogP) is 3.07. The van der Waals surface area contributed by atoms with Crippen molar-refractivity contribution in [1.82, 2.24) is 4.90 Å². The number of rotatable bonds is 6. The van der Waals surface area contributed by atoms with Crippen molar-refractivity contribution in [2.75, 3.05) is 6.54 Å². The van der Waals surface area contributed by atoms with E-state index in [1.54, 1.807) is 30.3 Å². The summed E-state index contributed by atoms with van der Waals surface area (Å²) in [6.45, 7) is 3.85. The van der Waals surface area contributed by atoms with Crippen LogP contribution in [0.25, 0.3) is 0 Å². The maximum Gasteiger partial charge on any atom is 0.261 e. The number of benzene rings is 2. The normalized spacial score (nSPS) is 15.8. The van der Waals surface area contributed by atoms with Crippen LogP contribution in [0, 0.1) is 5.92 Å². The van der Waals surface area contributed by atoms with E-state index in [0.29, 0.717) is 11.1 Å².